The molecule has 0 saturated heterocycles. The molecule has 0 spiro atoms. The second kappa shape index (κ2) is 6.69. The molecule has 0 amide bonds. The van der Waals surface area contributed by atoms with Crippen molar-refractivity contribution >= 4 is 39.6 Å². The number of aromatic nitrogens is 1. The molecule has 108 valence electrons. The topological polar surface area (TPSA) is 59.4 Å². The SMILES string of the molecule is O=C(O)/C=C/c1ccc(Oc2cc(F)c(Cl)cc2Br)nc1. The van der Waals surface area contributed by atoms with Crippen molar-refractivity contribution in [3.63, 3.8) is 0 Å². The molecule has 1 aromatic heterocycles. The van der Waals surface area contributed by atoms with Crippen LogP contribution in [0.2, 0.25) is 5.02 Å². The Morgan fingerprint density at radius 2 is 2.19 bits per heavy atom. The van der Waals surface area contributed by atoms with E-state index in [1.807, 2.05) is 0 Å². The molecule has 2 aromatic rings. The number of aliphatic carboxylic acids is 1. The molecule has 0 aliphatic rings. The zero-order chi connectivity index (χ0) is 15.4. The van der Waals surface area contributed by atoms with Gasteiger partial charge in [0, 0.05) is 24.4 Å². The maximum absolute atomic E-state index is 13.4. The first-order chi connectivity index (χ1) is 9.95. The van der Waals surface area contributed by atoms with Crippen molar-refractivity contribution in [3.05, 3.63) is 57.4 Å². The molecule has 4 nitrogen and oxygen atoms in total. The molecule has 0 saturated carbocycles. The molecular formula is C14H8BrClFNO3. The summed E-state index contributed by atoms with van der Waals surface area (Å²) in [6.45, 7) is 0. The number of halogens is 3. The molecular weight excluding hydrogens is 365 g/mol. The predicted molar refractivity (Wildman–Crippen MR) is 80.1 cm³/mol. The first-order valence-electron chi connectivity index (χ1n) is 5.65. The van der Waals surface area contributed by atoms with Crippen LogP contribution in [-0.4, -0.2) is 16.1 Å². The van der Waals surface area contributed by atoms with Crippen LogP contribution in [0.25, 0.3) is 6.08 Å². The standard InChI is InChI=1S/C14H8BrClFNO3/c15-9-5-10(16)11(17)6-12(9)21-13-3-1-8(7-18-13)2-4-14(19)20/h1-7H,(H,19,20)/b4-2+. The van der Waals surface area contributed by atoms with Gasteiger partial charge in [-0.15, -0.1) is 0 Å². The third-order valence-corrected chi connectivity index (χ3v) is 3.28. The summed E-state index contributed by atoms with van der Waals surface area (Å²) in [6, 6.07) is 5.70. The van der Waals surface area contributed by atoms with Crippen LogP contribution in [0, 0.1) is 5.82 Å². The van der Waals surface area contributed by atoms with Gasteiger partial charge in [0.1, 0.15) is 11.6 Å². The number of ether oxygens (including phenoxy) is 1. The monoisotopic (exact) mass is 371 g/mol. The second-order valence-corrected chi connectivity index (χ2v) is 5.16. The molecule has 1 heterocycles. The molecule has 0 aliphatic carbocycles. The van der Waals surface area contributed by atoms with Gasteiger partial charge >= 0.3 is 5.97 Å². The number of hydrogen-bond acceptors (Lipinski definition) is 3. The lowest BCUT2D eigenvalue weighted by Gasteiger charge is -2.07. The third-order valence-electron chi connectivity index (χ3n) is 2.37. The van der Waals surface area contributed by atoms with E-state index in [9.17, 15) is 9.18 Å². The molecule has 21 heavy (non-hydrogen) atoms. The van der Waals surface area contributed by atoms with Crippen molar-refractivity contribution in [2.24, 2.45) is 0 Å². The average molecular weight is 373 g/mol. The van der Waals surface area contributed by atoms with Crippen LogP contribution in [-0.2, 0) is 4.79 Å². The Kier molecular flexibility index (Phi) is 4.93. The number of rotatable bonds is 4. The number of carbonyl (C=O) groups is 1. The fourth-order valence-electron chi connectivity index (χ4n) is 1.41. The number of benzene rings is 1. The summed E-state index contributed by atoms with van der Waals surface area (Å²) in [6.07, 6.45) is 3.84. The predicted octanol–water partition coefficient (Wildman–Crippen LogP) is 4.53. The van der Waals surface area contributed by atoms with Gasteiger partial charge in [-0.1, -0.05) is 11.6 Å². The molecule has 1 aromatic carbocycles. The average Bonchev–Trinajstić information content (AvgIpc) is 2.44. The number of hydrogen-bond donors (Lipinski definition) is 1. The maximum atomic E-state index is 13.4. The highest BCUT2D eigenvalue weighted by Crippen LogP contribution is 2.33. The van der Waals surface area contributed by atoms with Gasteiger partial charge in [-0.2, -0.15) is 0 Å². The maximum Gasteiger partial charge on any atom is 0.328 e. The quantitative estimate of drug-likeness (QED) is 0.633. The highest BCUT2D eigenvalue weighted by molar-refractivity contribution is 9.10. The minimum absolute atomic E-state index is 0.0173. The third kappa shape index (κ3) is 4.27. The van der Waals surface area contributed by atoms with Crippen LogP contribution in [0.1, 0.15) is 5.56 Å². The molecule has 2 rings (SSSR count). The molecule has 0 fully saturated rings. The van der Waals surface area contributed by atoms with E-state index in [1.165, 1.54) is 18.3 Å². The summed E-state index contributed by atoms with van der Waals surface area (Å²) in [5, 5.41) is 8.50. The summed E-state index contributed by atoms with van der Waals surface area (Å²) in [5.41, 5.74) is 0.603. The minimum Gasteiger partial charge on any atom is -0.478 e. The van der Waals surface area contributed by atoms with Gasteiger partial charge < -0.3 is 9.84 Å². The Labute approximate surface area is 133 Å². The smallest absolute Gasteiger partial charge is 0.328 e. The van der Waals surface area contributed by atoms with Crippen LogP contribution in [0.3, 0.4) is 0 Å². The van der Waals surface area contributed by atoms with Crippen LogP contribution in [0.15, 0.2) is 41.0 Å². The van der Waals surface area contributed by atoms with E-state index >= 15 is 0 Å². The van der Waals surface area contributed by atoms with Gasteiger partial charge in [-0.3, -0.25) is 0 Å². The summed E-state index contributed by atoms with van der Waals surface area (Å²) in [4.78, 5) is 14.4. The van der Waals surface area contributed by atoms with E-state index in [0.717, 1.165) is 12.1 Å². The Morgan fingerprint density at radius 1 is 1.43 bits per heavy atom. The van der Waals surface area contributed by atoms with E-state index in [2.05, 4.69) is 20.9 Å². The van der Waals surface area contributed by atoms with Crippen LogP contribution >= 0.6 is 27.5 Å². The Balaban J connectivity index is 2.17. The van der Waals surface area contributed by atoms with Crippen molar-refractivity contribution in [2.75, 3.05) is 0 Å². The summed E-state index contributed by atoms with van der Waals surface area (Å²) in [7, 11) is 0. The van der Waals surface area contributed by atoms with Crippen molar-refractivity contribution < 1.29 is 19.0 Å². The lowest BCUT2D eigenvalue weighted by atomic mass is 10.2. The van der Waals surface area contributed by atoms with Gasteiger partial charge in [0.15, 0.2) is 0 Å². The van der Waals surface area contributed by atoms with E-state index in [0.29, 0.717) is 10.0 Å². The van der Waals surface area contributed by atoms with Crippen molar-refractivity contribution in [1.82, 2.24) is 4.98 Å². The number of pyridine rings is 1. The van der Waals surface area contributed by atoms with E-state index in [1.54, 1.807) is 12.1 Å². The van der Waals surface area contributed by atoms with Gasteiger partial charge in [0.25, 0.3) is 0 Å². The van der Waals surface area contributed by atoms with Gasteiger partial charge in [0.2, 0.25) is 5.88 Å². The van der Waals surface area contributed by atoms with Crippen LogP contribution in [0.5, 0.6) is 11.6 Å². The number of carboxylic acids is 1. The highest BCUT2D eigenvalue weighted by atomic mass is 79.9. The summed E-state index contributed by atoms with van der Waals surface area (Å²) in [5.74, 6) is -1.17. The Bertz CT molecular complexity index is 704. The lowest BCUT2D eigenvalue weighted by molar-refractivity contribution is -0.131. The van der Waals surface area contributed by atoms with E-state index in [4.69, 9.17) is 21.4 Å². The van der Waals surface area contributed by atoms with Gasteiger partial charge in [-0.05, 0) is 39.7 Å². The highest BCUT2D eigenvalue weighted by Gasteiger charge is 2.09. The van der Waals surface area contributed by atoms with Crippen LogP contribution < -0.4 is 4.74 Å². The molecule has 0 aliphatic heterocycles. The number of carboxylic acid groups (broad SMARTS) is 1. The summed E-state index contributed by atoms with van der Waals surface area (Å²) < 4.78 is 19.3. The fraction of sp³-hybridized carbons (Fsp3) is 0. The van der Waals surface area contributed by atoms with Crippen molar-refractivity contribution in [3.8, 4) is 11.6 Å². The van der Waals surface area contributed by atoms with E-state index < -0.39 is 11.8 Å². The molecule has 0 unspecified atom stereocenters. The van der Waals surface area contributed by atoms with Crippen molar-refractivity contribution in [1.29, 1.82) is 0 Å². The van der Waals surface area contributed by atoms with E-state index in [-0.39, 0.29) is 16.7 Å². The molecule has 1 N–H and O–H groups in total. The minimum atomic E-state index is -1.05. The normalized spacial score (nSPS) is 10.8. The van der Waals surface area contributed by atoms with Gasteiger partial charge in [-0.25, -0.2) is 14.2 Å². The lowest BCUT2D eigenvalue weighted by Crippen LogP contribution is -1.91. The molecule has 7 heteroatoms. The Hall–Kier alpha value is -1.92. The van der Waals surface area contributed by atoms with Crippen molar-refractivity contribution in [2.45, 2.75) is 0 Å². The Morgan fingerprint density at radius 3 is 2.81 bits per heavy atom. The second-order valence-electron chi connectivity index (χ2n) is 3.90. The molecule has 0 radical (unpaired) electrons. The number of nitrogens with zero attached hydrogens (tertiary/aromatic N) is 1. The van der Waals surface area contributed by atoms with Crippen LogP contribution in [0.4, 0.5) is 4.39 Å². The van der Waals surface area contributed by atoms with Gasteiger partial charge in [0.05, 0.1) is 9.50 Å². The first-order valence-corrected chi connectivity index (χ1v) is 6.82. The first kappa shape index (κ1) is 15.5. The zero-order valence-corrected chi connectivity index (χ0v) is 12.7. The summed E-state index contributed by atoms with van der Waals surface area (Å²) >= 11 is 8.85. The molecule has 0 bridgehead atoms. The fourth-order valence-corrected chi connectivity index (χ4v) is 2.13. The largest absolute Gasteiger partial charge is 0.478 e. The zero-order valence-electron chi connectivity index (χ0n) is 10.4. The molecule has 0 atom stereocenters.